The maximum atomic E-state index is 11.1. The average Bonchev–Trinajstić information content (AvgIpc) is 2.03. The van der Waals surface area contributed by atoms with E-state index in [0.29, 0.717) is 5.56 Å². The van der Waals surface area contributed by atoms with Crippen LogP contribution in [0, 0.1) is 13.8 Å². The minimum absolute atomic E-state index is 0.481. The third kappa shape index (κ3) is 1.46. The predicted molar refractivity (Wildman–Crippen MR) is 45.5 cm³/mol. The van der Waals surface area contributed by atoms with Gasteiger partial charge < -0.3 is 4.84 Å². The number of aryl methyl sites for hydroxylation is 2. The molecule has 1 aromatic rings. The quantitative estimate of drug-likeness (QED) is 0.639. The Kier molecular flexibility index (Phi) is 2.45. The molecule has 0 unspecified atom stereocenters. The Balaban J connectivity index is 3.21. The molecule has 1 rings (SSSR count). The first-order chi connectivity index (χ1) is 5.66. The lowest BCUT2D eigenvalue weighted by Crippen LogP contribution is -2.12. The van der Waals surface area contributed by atoms with E-state index in [4.69, 9.17) is 5.90 Å². The van der Waals surface area contributed by atoms with Crippen molar-refractivity contribution in [1.29, 1.82) is 0 Å². The van der Waals surface area contributed by atoms with Gasteiger partial charge in [-0.25, -0.2) is 4.79 Å². The normalized spacial score (nSPS) is 9.58. The van der Waals surface area contributed by atoms with Gasteiger partial charge in [0.05, 0.1) is 5.56 Å². The van der Waals surface area contributed by atoms with E-state index in [0.717, 1.165) is 11.1 Å². The first-order valence-corrected chi connectivity index (χ1v) is 3.64. The van der Waals surface area contributed by atoms with Gasteiger partial charge in [-0.3, -0.25) is 0 Å². The topological polar surface area (TPSA) is 52.3 Å². The van der Waals surface area contributed by atoms with Crippen molar-refractivity contribution in [3.63, 3.8) is 0 Å². The number of benzene rings is 1. The Morgan fingerprint density at radius 3 is 2.25 bits per heavy atom. The molecule has 0 aliphatic rings. The van der Waals surface area contributed by atoms with Gasteiger partial charge in [0.1, 0.15) is 0 Å². The third-order valence-corrected chi connectivity index (χ3v) is 1.79. The van der Waals surface area contributed by atoms with Crippen molar-refractivity contribution in [3.8, 4) is 0 Å². The van der Waals surface area contributed by atoms with E-state index in [1.807, 2.05) is 32.0 Å². The minimum Gasteiger partial charge on any atom is -0.370 e. The molecule has 3 nitrogen and oxygen atoms in total. The lowest BCUT2D eigenvalue weighted by Gasteiger charge is -2.05. The molecule has 1 aromatic carbocycles. The Morgan fingerprint density at radius 1 is 1.33 bits per heavy atom. The van der Waals surface area contributed by atoms with E-state index in [2.05, 4.69) is 4.84 Å². The highest BCUT2D eigenvalue weighted by molar-refractivity contribution is 5.92. The van der Waals surface area contributed by atoms with Crippen LogP contribution in [-0.2, 0) is 4.84 Å². The molecule has 0 aliphatic carbocycles. The van der Waals surface area contributed by atoms with Crippen molar-refractivity contribution in [2.75, 3.05) is 0 Å². The third-order valence-electron chi connectivity index (χ3n) is 1.79. The summed E-state index contributed by atoms with van der Waals surface area (Å²) in [5, 5.41) is 0. The molecule has 0 atom stereocenters. The molecule has 0 saturated carbocycles. The van der Waals surface area contributed by atoms with Crippen molar-refractivity contribution in [2.45, 2.75) is 13.8 Å². The fourth-order valence-corrected chi connectivity index (χ4v) is 1.20. The number of nitrogens with two attached hydrogens (primary N) is 1. The highest BCUT2D eigenvalue weighted by atomic mass is 16.7. The first-order valence-electron chi connectivity index (χ1n) is 3.64. The lowest BCUT2D eigenvalue weighted by molar-refractivity contribution is 0.0501. The fourth-order valence-electron chi connectivity index (χ4n) is 1.20. The summed E-state index contributed by atoms with van der Waals surface area (Å²) in [6.07, 6.45) is 0. The van der Waals surface area contributed by atoms with Crippen LogP contribution in [0.25, 0.3) is 0 Å². The van der Waals surface area contributed by atoms with Gasteiger partial charge in [0.2, 0.25) is 0 Å². The largest absolute Gasteiger partial charge is 0.370 e. The molecule has 64 valence electrons. The summed E-state index contributed by atoms with van der Waals surface area (Å²) in [6, 6.07) is 5.58. The molecular weight excluding hydrogens is 154 g/mol. The van der Waals surface area contributed by atoms with Crippen LogP contribution in [0.15, 0.2) is 18.2 Å². The highest BCUT2D eigenvalue weighted by Gasteiger charge is 2.11. The molecule has 3 heteroatoms. The molecule has 0 aromatic heterocycles. The van der Waals surface area contributed by atoms with Gasteiger partial charge in [-0.2, -0.15) is 5.90 Å². The number of carbonyl (C=O) groups is 1. The molecule has 0 fully saturated rings. The summed E-state index contributed by atoms with van der Waals surface area (Å²) in [7, 11) is 0. The Labute approximate surface area is 71.1 Å². The molecule has 0 spiro atoms. The molecule has 0 radical (unpaired) electrons. The maximum Gasteiger partial charge on any atom is 0.357 e. The van der Waals surface area contributed by atoms with Crippen molar-refractivity contribution in [1.82, 2.24) is 0 Å². The summed E-state index contributed by atoms with van der Waals surface area (Å²) < 4.78 is 0. The molecule has 0 amide bonds. The highest BCUT2D eigenvalue weighted by Crippen LogP contribution is 2.13. The van der Waals surface area contributed by atoms with Gasteiger partial charge in [-0.05, 0) is 25.0 Å². The second-order valence-corrected chi connectivity index (χ2v) is 2.67. The van der Waals surface area contributed by atoms with E-state index in [-0.39, 0.29) is 0 Å². The van der Waals surface area contributed by atoms with Gasteiger partial charge in [0.25, 0.3) is 0 Å². The fraction of sp³-hybridized carbons (Fsp3) is 0.222. The van der Waals surface area contributed by atoms with E-state index in [1.165, 1.54) is 0 Å². The summed E-state index contributed by atoms with van der Waals surface area (Å²) >= 11 is 0. The van der Waals surface area contributed by atoms with Crippen LogP contribution in [0.3, 0.4) is 0 Å². The Bertz CT molecular complexity index is 287. The van der Waals surface area contributed by atoms with Crippen molar-refractivity contribution in [2.24, 2.45) is 5.90 Å². The van der Waals surface area contributed by atoms with Gasteiger partial charge >= 0.3 is 5.97 Å². The minimum atomic E-state index is -0.481. The number of carbonyl (C=O) groups excluding carboxylic acids is 1. The molecule has 0 aliphatic heterocycles. The average molecular weight is 165 g/mol. The van der Waals surface area contributed by atoms with E-state index < -0.39 is 5.97 Å². The van der Waals surface area contributed by atoms with Gasteiger partial charge in [-0.1, -0.05) is 18.2 Å². The SMILES string of the molecule is Cc1cccc(C)c1C(=O)ON. The van der Waals surface area contributed by atoms with Crippen LogP contribution in [0.1, 0.15) is 21.5 Å². The summed E-state index contributed by atoms with van der Waals surface area (Å²) in [4.78, 5) is 15.3. The van der Waals surface area contributed by atoms with Crippen LogP contribution in [0.2, 0.25) is 0 Å². The molecule has 0 heterocycles. The number of hydrogen-bond donors (Lipinski definition) is 1. The van der Waals surface area contributed by atoms with Crippen LogP contribution in [0.4, 0.5) is 0 Å². The second kappa shape index (κ2) is 3.36. The molecule has 0 saturated heterocycles. The van der Waals surface area contributed by atoms with Crippen molar-refractivity contribution in [3.05, 3.63) is 34.9 Å². The second-order valence-electron chi connectivity index (χ2n) is 2.67. The molecular formula is C9H11NO2. The zero-order valence-corrected chi connectivity index (χ0v) is 7.13. The molecule has 12 heavy (non-hydrogen) atoms. The van der Waals surface area contributed by atoms with Gasteiger partial charge in [0, 0.05) is 0 Å². The van der Waals surface area contributed by atoms with Gasteiger partial charge in [0.15, 0.2) is 0 Å². The Morgan fingerprint density at radius 2 is 1.83 bits per heavy atom. The van der Waals surface area contributed by atoms with Crippen LogP contribution in [0.5, 0.6) is 0 Å². The monoisotopic (exact) mass is 165 g/mol. The summed E-state index contributed by atoms with van der Waals surface area (Å²) in [6.45, 7) is 3.69. The Hall–Kier alpha value is -1.35. The lowest BCUT2D eigenvalue weighted by atomic mass is 10.0. The zero-order chi connectivity index (χ0) is 9.14. The summed E-state index contributed by atoms with van der Waals surface area (Å²) in [5.74, 6) is 4.31. The predicted octanol–water partition coefficient (Wildman–Crippen LogP) is 1.33. The van der Waals surface area contributed by atoms with Crippen LogP contribution >= 0.6 is 0 Å². The number of rotatable bonds is 1. The summed E-state index contributed by atoms with van der Waals surface area (Å²) in [5.41, 5.74) is 2.32. The van der Waals surface area contributed by atoms with Crippen LogP contribution in [-0.4, -0.2) is 5.97 Å². The zero-order valence-electron chi connectivity index (χ0n) is 7.13. The first kappa shape index (κ1) is 8.74. The van der Waals surface area contributed by atoms with E-state index >= 15 is 0 Å². The molecule has 0 bridgehead atoms. The van der Waals surface area contributed by atoms with E-state index in [1.54, 1.807) is 0 Å². The smallest absolute Gasteiger partial charge is 0.357 e. The van der Waals surface area contributed by atoms with Gasteiger partial charge in [-0.15, -0.1) is 0 Å². The van der Waals surface area contributed by atoms with Crippen molar-refractivity contribution < 1.29 is 9.63 Å². The maximum absolute atomic E-state index is 11.1. The van der Waals surface area contributed by atoms with Crippen molar-refractivity contribution >= 4 is 5.97 Å². The standard InChI is InChI=1S/C9H11NO2/c1-6-4-3-5-7(2)8(6)9(11)12-10/h3-5H,10H2,1-2H3. The van der Waals surface area contributed by atoms with E-state index in [9.17, 15) is 4.79 Å². The number of hydrogen-bond acceptors (Lipinski definition) is 3. The van der Waals surface area contributed by atoms with Crippen LogP contribution < -0.4 is 5.90 Å². The molecule has 2 N–H and O–H groups in total.